The highest BCUT2D eigenvalue weighted by Crippen LogP contribution is 2.14. The van der Waals surface area contributed by atoms with Gasteiger partial charge >= 0.3 is 5.97 Å². The normalized spacial score (nSPS) is 15.4. The molecule has 114 valence electrons. The van der Waals surface area contributed by atoms with Crippen LogP contribution in [0.5, 0.6) is 0 Å². The molecule has 2 unspecified atom stereocenters. The van der Waals surface area contributed by atoms with Crippen molar-refractivity contribution in [2.75, 3.05) is 19.1 Å². The van der Waals surface area contributed by atoms with E-state index in [0.29, 0.717) is 12.5 Å². The van der Waals surface area contributed by atoms with Gasteiger partial charge in [0.1, 0.15) is 6.61 Å². The highest BCUT2D eigenvalue weighted by Gasteiger charge is 2.31. The lowest BCUT2D eigenvalue weighted by Crippen LogP contribution is -2.39. The SMILES string of the molecule is CC(CCl)COC(C)(C)C(=O)OCC(C)OC(C)C. The summed E-state index contributed by atoms with van der Waals surface area (Å²) in [5, 5.41) is 0. The van der Waals surface area contributed by atoms with Gasteiger partial charge in [-0.2, -0.15) is 0 Å². The molecule has 2 atom stereocenters. The molecule has 0 radical (unpaired) electrons. The Morgan fingerprint density at radius 3 is 2.21 bits per heavy atom. The third-order valence-corrected chi connectivity index (χ3v) is 2.96. The van der Waals surface area contributed by atoms with Crippen LogP contribution in [0.25, 0.3) is 0 Å². The van der Waals surface area contributed by atoms with E-state index in [1.54, 1.807) is 13.8 Å². The van der Waals surface area contributed by atoms with Gasteiger partial charge in [0.15, 0.2) is 5.60 Å². The lowest BCUT2D eigenvalue weighted by atomic mass is 10.1. The van der Waals surface area contributed by atoms with Gasteiger partial charge in [-0.25, -0.2) is 4.79 Å². The number of ether oxygens (including phenoxy) is 3. The van der Waals surface area contributed by atoms with Crippen molar-refractivity contribution in [2.45, 2.75) is 59.4 Å². The van der Waals surface area contributed by atoms with E-state index in [-0.39, 0.29) is 30.7 Å². The Hall–Kier alpha value is -0.320. The van der Waals surface area contributed by atoms with E-state index < -0.39 is 5.60 Å². The Labute approximate surface area is 121 Å². The lowest BCUT2D eigenvalue weighted by molar-refractivity contribution is -0.173. The summed E-state index contributed by atoms with van der Waals surface area (Å²) in [5.41, 5.74) is -0.960. The van der Waals surface area contributed by atoms with Gasteiger partial charge in [0.25, 0.3) is 0 Å². The maximum Gasteiger partial charge on any atom is 0.337 e. The number of carbonyl (C=O) groups excluding carboxylic acids is 1. The molecular weight excluding hydrogens is 268 g/mol. The minimum Gasteiger partial charge on any atom is -0.461 e. The first-order chi connectivity index (χ1) is 8.69. The fraction of sp³-hybridized carbons (Fsp3) is 0.929. The maximum absolute atomic E-state index is 11.9. The summed E-state index contributed by atoms with van der Waals surface area (Å²) >= 11 is 5.70. The second kappa shape index (κ2) is 8.77. The zero-order valence-electron chi connectivity index (χ0n) is 12.9. The summed E-state index contributed by atoms with van der Waals surface area (Å²) < 4.78 is 16.3. The van der Waals surface area contributed by atoms with Crippen molar-refractivity contribution >= 4 is 17.6 Å². The molecule has 0 saturated heterocycles. The molecule has 5 heteroatoms. The van der Waals surface area contributed by atoms with Crippen LogP contribution in [-0.4, -0.2) is 42.9 Å². The quantitative estimate of drug-likeness (QED) is 0.484. The Bertz CT molecular complexity index is 266. The molecule has 0 saturated carbocycles. The van der Waals surface area contributed by atoms with Crippen LogP contribution < -0.4 is 0 Å². The average molecular weight is 295 g/mol. The van der Waals surface area contributed by atoms with E-state index in [1.807, 2.05) is 27.7 Å². The molecule has 0 spiro atoms. The van der Waals surface area contributed by atoms with E-state index in [0.717, 1.165) is 0 Å². The third-order valence-electron chi connectivity index (χ3n) is 2.44. The molecule has 0 aliphatic carbocycles. The van der Waals surface area contributed by atoms with Crippen LogP contribution in [0, 0.1) is 5.92 Å². The van der Waals surface area contributed by atoms with Crippen molar-refractivity contribution in [2.24, 2.45) is 5.92 Å². The fourth-order valence-corrected chi connectivity index (χ4v) is 1.41. The molecule has 0 aliphatic heterocycles. The summed E-state index contributed by atoms with van der Waals surface area (Å²) in [5.74, 6) is 0.329. The molecule has 0 N–H and O–H groups in total. The number of hydrogen-bond donors (Lipinski definition) is 0. The first kappa shape index (κ1) is 18.7. The van der Waals surface area contributed by atoms with Crippen LogP contribution in [0.3, 0.4) is 0 Å². The van der Waals surface area contributed by atoms with Crippen molar-refractivity contribution in [1.29, 1.82) is 0 Å². The van der Waals surface area contributed by atoms with Gasteiger partial charge in [-0.15, -0.1) is 11.6 Å². The van der Waals surface area contributed by atoms with Crippen molar-refractivity contribution in [1.82, 2.24) is 0 Å². The zero-order chi connectivity index (χ0) is 15.1. The van der Waals surface area contributed by atoms with Gasteiger partial charge in [0.05, 0.1) is 18.8 Å². The van der Waals surface area contributed by atoms with Crippen LogP contribution in [0.2, 0.25) is 0 Å². The van der Waals surface area contributed by atoms with Crippen molar-refractivity contribution in [3.05, 3.63) is 0 Å². The summed E-state index contributed by atoms with van der Waals surface area (Å²) in [6.45, 7) is 11.8. The molecule has 0 rings (SSSR count). The number of rotatable bonds is 9. The molecule has 4 nitrogen and oxygen atoms in total. The third kappa shape index (κ3) is 8.45. The Balaban J connectivity index is 4.09. The monoisotopic (exact) mass is 294 g/mol. The molecular formula is C14H27ClO4. The molecule has 0 amide bonds. The molecule has 0 aromatic rings. The molecule has 0 heterocycles. The highest BCUT2D eigenvalue weighted by molar-refractivity contribution is 6.18. The van der Waals surface area contributed by atoms with E-state index >= 15 is 0 Å². The highest BCUT2D eigenvalue weighted by atomic mass is 35.5. The zero-order valence-corrected chi connectivity index (χ0v) is 13.6. The minimum atomic E-state index is -0.960. The van der Waals surface area contributed by atoms with E-state index in [4.69, 9.17) is 25.8 Å². The molecule has 0 bridgehead atoms. The van der Waals surface area contributed by atoms with Gasteiger partial charge in [-0.05, 0) is 40.5 Å². The lowest BCUT2D eigenvalue weighted by Gasteiger charge is -2.25. The predicted molar refractivity (Wildman–Crippen MR) is 76.6 cm³/mol. The summed E-state index contributed by atoms with van der Waals surface area (Å²) in [6.07, 6.45) is -0.0101. The fourth-order valence-electron chi connectivity index (χ4n) is 1.32. The van der Waals surface area contributed by atoms with Crippen LogP contribution in [0.1, 0.15) is 41.5 Å². The Kier molecular flexibility index (Phi) is 8.62. The van der Waals surface area contributed by atoms with E-state index in [1.165, 1.54) is 0 Å². The standard InChI is InChI=1S/C14H27ClO4/c1-10(2)19-12(4)9-17-13(16)14(5,6)18-8-11(3)7-15/h10-12H,7-9H2,1-6H3. The van der Waals surface area contributed by atoms with Crippen molar-refractivity contribution < 1.29 is 19.0 Å². The van der Waals surface area contributed by atoms with E-state index in [2.05, 4.69) is 0 Å². The molecule has 0 aromatic heterocycles. The molecule has 0 fully saturated rings. The number of hydrogen-bond acceptors (Lipinski definition) is 4. The molecule has 19 heavy (non-hydrogen) atoms. The van der Waals surface area contributed by atoms with Crippen LogP contribution in [-0.2, 0) is 19.0 Å². The van der Waals surface area contributed by atoms with Crippen LogP contribution in [0.15, 0.2) is 0 Å². The number of halogens is 1. The van der Waals surface area contributed by atoms with Crippen molar-refractivity contribution in [3.8, 4) is 0 Å². The smallest absolute Gasteiger partial charge is 0.337 e. The van der Waals surface area contributed by atoms with Crippen LogP contribution >= 0.6 is 11.6 Å². The molecule has 0 aliphatic rings. The van der Waals surface area contributed by atoms with Gasteiger partial charge in [0.2, 0.25) is 0 Å². The summed E-state index contributed by atoms with van der Waals surface area (Å²) in [7, 11) is 0. The molecule has 0 aromatic carbocycles. The van der Waals surface area contributed by atoms with Gasteiger partial charge in [-0.3, -0.25) is 0 Å². The predicted octanol–water partition coefficient (Wildman–Crippen LogP) is 3.01. The second-order valence-electron chi connectivity index (χ2n) is 5.67. The largest absolute Gasteiger partial charge is 0.461 e. The Morgan fingerprint density at radius 1 is 1.16 bits per heavy atom. The summed E-state index contributed by atoms with van der Waals surface area (Å²) in [6, 6.07) is 0. The van der Waals surface area contributed by atoms with E-state index in [9.17, 15) is 4.79 Å². The van der Waals surface area contributed by atoms with Gasteiger partial charge < -0.3 is 14.2 Å². The Morgan fingerprint density at radius 2 is 1.74 bits per heavy atom. The summed E-state index contributed by atoms with van der Waals surface area (Å²) in [4.78, 5) is 11.9. The van der Waals surface area contributed by atoms with Crippen molar-refractivity contribution in [3.63, 3.8) is 0 Å². The average Bonchev–Trinajstić information content (AvgIpc) is 2.32. The second-order valence-corrected chi connectivity index (χ2v) is 5.98. The number of alkyl halides is 1. The number of esters is 1. The topological polar surface area (TPSA) is 44.8 Å². The van der Waals surface area contributed by atoms with Crippen LogP contribution in [0.4, 0.5) is 0 Å². The number of carbonyl (C=O) groups is 1. The van der Waals surface area contributed by atoms with Gasteiger partial charge in [-0.1, -0.05) is 6.92 Å². The van der Waals surface area contributed by atoms with Gasteiger partial charge in [0, 0.05) is 5.88 Å². The minimum absolute atomic E-state index is 0.113. The first-order valence-electron chi connectivity index (χ1n) is 6.71. The maximum atomic E-state index is 11.9. The first-order valence-corrected chi connectivity index (χ1v) is 7.25.